The van der Waals surface area contributed by atoms with Gasteiger partial charge in [-0.1, -0.05) is 60.1 Å². The highest BCUT2D eigenvalue weighted by Crippen LogP contribution is 2.77. The van der Waals surface area contributed by atoms with Crippen LogP contribution in [0.15, 0.2) is 40.5 Å². The van der Waals surface area contributed by atoms with Gasteiger partial charge in [-0.05, 0) is 149 Å². The molecule has 10 heteroatoms. The van der Waals surface area contributed by atoms with Crippen molar-refractivity contribution in [3.05, 3.63) is 46.3 Å². The zero-order valence-electron chi connectivity index (χ0n) is 37.1. The first-order valence-corrected chi connectivity index (χ1v) is 22.4. The van der Waals surface area contributed by atoms with Crippen LogP contribution in [0.1, 0.15) is 132 Å². The summed E-state index contributed by atoms with van der Waals surface area (Å²) < 4.78 is 6.22. The fourth-order valence-electron chi connectivity index (χ4n) is 13.9. The molecule has 1 aliphatic heterocycles. The lowest BCUT2D eigenvalue weighted by atomic mass is 9.33. The monoisotopic (exact) mass is 816 g/mol. The third-order valence-electron chi connectivity index (χ3n) is 17.1. The van der Waals surface area contributed by atoms with Gasteiger partial charge < -0.3 is 19.6 Å². The van der Waals surface area contributed by atoms with E-state index in [1.54, 1.807) is 20.0 Å². The Kier molecular flexibility index (Phi) is 11.0. The van der Waals surface area contributed by atoms with Crippen molar-refractivity contribution in [1.29, 1.82) is 0 Å². The normalized spacial score (nSPS) is 35.8. The van der Waals surface area contributed by atoms with Crippen molar-refractivity contribution in [2.45, 2.75) is 133 Å². The second kappa shape index (κ2) is 14.8. The number of likely N-dealkylation sites (N-methyl/N-ethyl adjacent to an activating group) is 1. The summed E-state index contributed by atoms with van der Waals surface area (Å²) in [7, 11) is 4.21. The molecule has 4 saturated carbocycles. The number of carbonyl (C=O) groups is 3. The zero-order chi connectivity index (χ0) is 42.4. The number of aliphatic carboxylic acids is 1. The molecule has 0 bridgehead atoms. The number of rotatable bonds is 10. The molecule has 2 heterocycles. The number of fused-ring (bicyclic) bond motifs is 7. The van der Waals surface area contributed by atoms with Crippen LogP contribution in [-0.4, -0.2) is 83.3 Å². The van der Waals surface area contributed by atoms with Gasteiger partial charge in [-0.25, -0.2) is 0 Å². The third-order valence-corrected chi connectivity index (χ3v) is 17.3. The Balaban J connectivity index is 1.23. The number of carboxylic acid groups (broad SMARTS) is 1. The van der Waals surface area contributed by atoms with E-state index in [0.717, 1.165) is 87.3 Å². The smallest absolute Gasteiger partial charge is 0.309 e. The minimum Gasteiger partial charge on any atom is -0.481 e. The molecule has 7 rings (SSSR count). The van der Waals surface area contributed by atoms with Gasteiger partial charge in [0.15, 0.2) is 5.78 Å². The number of ether oxygens (including phenoxy) is 1. The molecule has 1 aromatic rings. The molecular weight excluding hydrogens is 748 g/mol. The number of pyridine rings is 1. The number of allylic oxidation sites excluding steroid dienone is 1. The van der Waals surface area contributed by atoms with E-state index in [9.17, 15) is 19.5 Å². The largest absolute Gasteiger partial charge is 0.481 e. The van der Waals surface area contributed by atoms with Crippen LogP contribution >= 0.6 is 11.6 Å². The van der Waals surface area contributed by atoms with Crippen LogP contribution in [0.25, 0.3) is 5.70 Å². The van der Waals surface area contributed by atoms with Gasteiger partial charge in [-0.2, -0.15) is 0 Å². The van der Waals surface area contributed by atoms with Gasteiger partial charge in [-0.15, -0.1) is 0 Å². The Labute approximate surface area is 352 Å². The number of Topliss-reactive ketones (excluding diaryl/α,β-unsaturated/α-hetero) is 1. The molecule has 4 fully saturated rings. The van der Waals surface area contributed by atoms with Crippen molar-refractivity contribution < 1.29 is 24.2 Å². The number of aromatic nitrogens is 1. The van der Waals surface area contributed by atoms with Crippen molar-refractivity contribution in [2.24, 2.45) is 61.2 Å². The van der Waals surface area contributed by atoms with Crippen molar-refractivity contribution in [2.75, 3.05) is 33.7 Å². The van der Waals surface area contributed by atoms with Crippen LogP contribution in [-0.2, 0) is 19.1 Å². The summed E-state index contributed by atoms with van der Waals surface area (Å²) >= 11 is 6.32. The van der Waals surface area contributed by atoms with Crippen molar-refractivity contribution >= 4 is 40.9 Å². The predicted octanol–water partition coefficient (Wildman–Crippen LogP) is 9.74. The molecule has 0 saturated heterocycles. The summed E-state index contributed by atoms with van der Waals surface area (Å²) in [6.07, 6.45) is 12.0. The quantitative estimate of drug-likeness (QED) is 0.233. The van der Waals surface area contributed by atoms with Gasteiger partial charge >= 0.3 is 11.9 Å². The highest BCUT2D eigenvalue weighted by Gasteiger charge is 2.71. The third kappa shape index (κ3) is 6.62. The van der Waals surface area contributed by atoms with Gasteiger partial charge in [0.1, 0.15) is 11.9 Å². The topological polar surface area (TPSA) is 112 Å². The number of esters is 1. The number of amidine groups is 1. The number of hydrogen-bond donors (Lipinski definition) is 1. The lowest BCUT2D eigenvalue weighted by molar-refractivity contribution is -0.232. The average molecular weight is 818 g/mol. The molecule has 318 valence electrons. The molecular formula is C48H69ClN4O5. The van der Waals surface area contributed by atoms with Gasteiger partial charge in [0, 0.05) is 31.1 Å². The number of carbonyl (C=O) groups excluding carboxylic acids is 2. The maximum absolute atomic E-state index is 14.6. The molecule has 8 atom stereocenters. The second-order valence-electron chi connectivity index (χ2n) is 21.6. The predicted molar refractivity (Wildman–Crippen MR) is 230 cm³/mol. The molecule has 58 heavy (non-hydrogen) atoms. The number of hydrogen-bond acceptors (Lipinski definition) is 8. The highest BCUT2D eigenvalue weighted by atomic mass is 35.5. The van der Waals surface area contributed by atoms with E-state index in [4.69, 9.17) is 26.3 Å². The molecule has 1 aromatic heterocycles. The van der Waals surface area contributed by atoms with Crippen LogP contribution in [0.3, 0.4) is 0 Å². The maximum Gasteiger partial charge on any atom is 0.309 e. The number of ketones is 1. The molecule has 9 nitrogen and oxygen atoms in total. The summed E-state index contributed by atoms with van der Waals surface area (Å²) in [5, 5.41) is 10.3. The lowest BCUT2D eigenvalue weighted by Crippen LogP contribution is -2.66. The molecule has 0 unspecified atom stereocenters. The maximum atomic E-state index is 14.6. The average Bonchev–Trinajstić information content (AvgIpc) is 3.45. The Bertz CT molecular complexity index is 1930. The second-order valence-corrected chi connectivity index (χ2v) is 22.0. The van der Waals surface area contributed by atoms with E-state index in [1.165, 1.54) is 5.57 Å². The Morgan fingerprint density at radius 3 is 2.36 bits per heavy atom. The molecule has 5 aliphatic carbocycles. The van der Waals surface area contributed by atoms with E-state index < -0.39 is 22.8 Å². The van der Waals surface area contributed by atoms with Gasteiger partial charge in [0.25, 0.3) is 0 Å². The first-order valence-electron chi connectivity index (χ1n) is 22.0. The fourth-order valence-corrected chi connectivity index (χ4v) is 14.1. The van der Waals surface area contributed by atoms with Gasteiger partial charge in [0.2, 0.25) is 0 Å². The summed E-state index contributed by atoms with van der Waals surface area (Å²) in [4.78, 5) is 54.4. The zero-order valence-corrected chi connectivity index (χ0v) is 37.9. The van der Waals surface area contributed by atoms with Crippen LogP contribution in [0, 0.1) is 56.2 Å². The number of halogens is 1. The molecule has 0 aromatic carbocycles. The number of nitrogens with zero attached hydrogens (tertiary/aromatic N) is 4. The SMILES string of the molecule is CC(C)C1=C2[C@H]3CC[C@@H]4[C@]5(C)CC[C@H](OC(=O)CC(C)(C)C(=O)O)C(C)(C)[C@@H]5CC[C@@]4(C)[C@]3(C)CC[C@@]2(C2=NCC=C(c3ccc(Cl)cn3)N2CCN(C)C)CC1=O. The minimum absolute atomic E-state index is 0.0105. The van der Waals surface area contributed by atoms with Crippen molar-refractivity contribution in [3.63, 3.8) is 0 Å². The summed E-state index contributed by atoms with van der Waals surface area (Å²) in [5.41, 5.74) is 2.61. The summed E-state index contributed by atoms with van der Waals surface area (Å²) in [6.45, 7) is 22.1. The minimum atomic E-state index is -1.17. The van der Waals surface area contributed by atoms with Crippen molar-refractivity contribution in [3.8, 4) is 0 Å². The van der Waals surface area contributed by atoms with Crippen LogP contribution < -0.4 is 0 Å². The van der Waals surface area contributed by atoms with E-state index in [-0.39, 0.29) is 46.0 Å². The van der Waals surface area contributed by atoms with E-state index in [2.05, 4.69) is 78.4 Å². The molecule has 1 N–H and O–H groups in total. The Morgan fingerprint density at radius 2 is 1.72 bits per heavy atom. The van der Waals surface area contributed by atoms with Crippen LogP contribution in [0.5, 0.6) is 0 Å². The Morgan fingerprint density at radius 1 is 1.00 bits per heavy atom. The Hall–Kier alpha value is -3.04. The van der Waals surface area contributed by atoms with Crippen LogP contribution in [0.4, 0.5) is 0 Å². The fraction of sp³-hybridized carbons (Fsp3) is 0.729. The standard InChI is InChI=1S/C48H69ClN4O5/c1-29(2)39-34(54)26-48(41-50-23-18-33(53(41)25-24-52(10)11)32-14-12-30(49)28-51-32)22-21-46(8)31(40(39)48)13-15-36-45(7)19-17-37(58-38(55)27-43(3,4)42(56)57)44(5,6)35(45)16-20-47(36,46)9/h12,14,18,28-29,31,35-37H,13,15-17,19-27H2,1-11H3,(H,56,57)/t31-,35+,36-,37+,45-,46-,47-,48-/m1/s1. The highest BCUT2D eigenvalue weighted by molar-refractivity contribution is 6.30. The molecule has 6 aliphatic rings. The molecule has 0 radical (unpaired) electrons. The van der Waals surface area contributed by atoms with E-state index >= 15 is 0 Å². The summed E-state index contributed by atoms with van der Waals surface area (Å²) in [6, 6.07) is 3.91. The first kappa shape index (κ1) is 43.1. The van der Waals surface area contributed by atoms with Crippen LogP contribution in [0.2, 0.25) is 5.02 Å². The summed E-state index contributed by atoms with van der Waals surface area (Å²) in [5.74, 6) is 1.20. The van der Waals surface area contributed by atoms with Gasteiger partial charge in [0.05, 0.1) is 40.2 Å². The lowest BCUT2D eigenvalue weighted by Gasteiger charge is -2.72. The number of carboxylic acids is 1. The molecule has 0 amide bonds. The van der Waals surface area contributed by atoms with Crippen molar-refractivity contribution in [1.82, 2.24) is 14.8 Å². The van der Waals surface area contributed by atoms with E-state index in [1.807, 2.05) is 12.1 Å². The number of aliphatic imine (C=N–C) groups is 1. The molecule has 0 spiro atoms. The van der Waals surface area contributed by atoms with E-state index in [0.29, 0.717) is 35.6 Å². The first-order chi connectivity index (χ1) is 27.0. The van der Waals surface area contributed by atoms with Gasteiger partial charge in [-0.3, -0.25) is 24.4 Å².